The Morgan fingerprint density at radius 2 is 1.63 bits per heavy atom. The first-order valence-electron chi connectivity index (χ1n) is 12.1. The maximum absolute atomic E-state index is 13.3. The summed E-state index contributed by atoms with van der Waals surface area (Å²) in [6, 6.07) is 14.2. The molecule has 2 N–H and O–H groups in total. The zero-order valence-corrected chi connectivity index (χ0v) is 19.9. The van der Waals surface area contributed by atoms with Gasteiger partial charge in [0.05, 0.1) is 6.61 Å². The van der Waals surface area contributed by atoms with E-state index in [4.69, 9.17) is 9.47 Å². The van der Waals surface area contributed by atoms with E-state index in [1.807, 2.05) is 36.4 Å². The molecule has 2 atom stereocenters. The van der Waals surface area contributed by atoms with Gasteiger partial charge in [-0.2, -0.15) is 0 Å². The Hall–Kier alpha value is -3.39. The number of hydrogen-bond donors (Lipinski definition) is 2. The summed E-state index contributed by atoms with van der Waals surface area (Å²) in [5.74, 6) is -1.59. The number of methoxy groups -OCH3 is 1. The lowest BCUT2D eigenvalue weighted by Gasteiger charge is -2.33. The number of aliphatic carboxylic acids is 1. The molecule has 2 unspecified atom stereocenters. The molecule has 0 spiro atoms. The molecule has 1 heterocycles. The summed E-state index contributed by atoms with van der Waals surface area (Å²) in [4.78, 5) is 39.3. The predicted molar refractivity (Wildman–Crippen MR) is 130 cm³/mol. The van der Waals surface area contributed by atoms with Gasteiger partial charge in [0.2, 0.25) is 5.91 Å². The Kier molecular flexibility index (Phi) is 8.02. The summed E-state index contributed by atoms with van der Waals surface area (Å²) in [6.45, 7) is 0.378. The molecule has 8 heteroatoms. The fourth-order valence-electron chi connectivity index (χ4n) is 5.13. The van der Waals surface area contributed by atoms with Gasteiger partial charge in [0.25, 0.3) is 0 Å². The SMILES string of the molecule is COCC(NC(=O)OCC1c2ccccc2-c2ccccc21)C(=O)N1CCCCCCC1C(=O)O. The lowest BCUT2D eigenvalue weighted by Crippen LogP contribution is -2.56. The predicted octanol–water partition coefficient (Wildman–Crippen LogP) is 3.79. The van der Waals surface area contributed by atoms with Crippen molar-refractivity contribution in [2.45, 2.75) is 50.1 Å². The first kappa shape index (κ1) is 24.7. The van der Waals surface area contributed by atoms with Crippen LogP contribution in [-0.4, -0.2) is 66.9 Å². The Balaban J connectivity index is 1.44. The second-order valence-electron chi connectivity index (χ2n) is 9.07. The second-order valence-corrected chi connectivity index (χ2v) is 9.07. The molecular formula is C27H32N2O6. The van der Waals surface area contributed by atoms with Gasteiger partial charge in [0, 0.05) is 19.6 Å². The summed E-state index contributed by atoms with van der Waals surface area (Å²) >= 11 is 0. The van der Waals surface area contributed by atoms with E-state index >= 15 is 0 Å². The molecule has 0 bridgehead atoms. The van der Waals surface area contributed by atoms with Crippen LogP contribution < -0.4 is 5.32 Å². The van der Waals surface area contributed by atoms with Gasteiger partial charge in [-0.3, -0.25) is 4.79 Å². The van der Waals surface area contributed by atoms with Gasteiger partial charge >= 0.3 is 12.1 Å². The van der Waals surface area contributed by atoms with Crippen molar-refractivity contribution in [2.75, 3.05) is 26.9 Å². The van der Waals surface area contributed by atoms with Crippen molar-refractivity contribution in [2.24, 2.45) is 0 Å². The summed E-state index contributed by atoms with van der Waals surface area (Å²) in [7, 11) is 1.43. The molecule has 4 rings (SSSR count). The van der Waals surface area contributed by atoms with Crippen molar-refractivity contribution in [1.29, 1.82) is 0 Å². The minimum atomic E-state index is -1.03. The van der Waals surface area contributed by atoms with Crippen LogP contribution >= 0.6 is 0 Å². The fraction of sp³-hybridized carbons (Fsp3) is 0.444. The average molecular weight is 481 g/mol. The van der Waals surface area contributed by atoms with E-state index in [0.717, 1.165) is 47.9 Å². The number of carboxylic acids is 1. The van der Waals surface area contributed by atoms with Crippen LogP contribution in [0, 0.1) is 0 Å². The van der Waals surface area contributed by atoms with Crippen molar-refractivity contribution in [3.05, 3.63) is 59.7 Å². The topological polar surface area (TPSA) is 105 Å². The smallest absolute Gasteiger partial charge is 0.407 e. The molecule has 0 aromatic heterocycles. The first-order valence-corrected chi connectivity index (χ1v) is 12.1. The lowest BCUT2D eigenvalue weighted by atomic mass is 9.98. The Morgan fingerprint density at radius 3 is 2.26 bits per heavy atom. The van der Waals surface area contributed by atoms with Crippen LogP contribution in [0.15, 0.2) is 48.5 Å². The summed E-state index contributed by atoms with van der Waals surface area (Å²) in [6.07, 6.45) is 3.01. The molecule has 2 amide bonds. The number of carbonyl (C=O) groups is 3. The van der Waals surface area contributed by atoms with Crippen LogP contribution in [0.2, 0.25) is 0 Å². The number of amides is 2. The van der Waals surface area contributed by atoms with Crippen molar-refractivity contribution >= 4 is 18.0 Å². The van der Waals surface area contributed by atoms with Gasteiger partial charge in [-0.25, -0.2) is 9.59 Å². The van der Waals surface area contributed by atoms with Gasteiger partial charge in [0.1, 0.15) is 18.7 Å². The number of likely N-dealkylation sites (tertiary alicyclic amines) is 1. The maximum Gasteiger partial charge on any atom is 0.407 e. The molecule has 1 saturated heterocycles. The third-order valence-corrected chi connectivity index (χ3v) is 6.84. The maximum atomic E-state index is 13.3. The molecule has 2 aliphatic rings. The van der Waals surface area contributed by atoms with Gasteiger partial charge < -0.3 is 24.8 Å². The molecule has 0 saturated carbocycles. The molecule has 35 heavy (non-hydrogen) atoms. The van der Waals surface area contributed by atoms with E-state index < -0.39 is 30.1 Å². The van der Waals surface area contributed by atoms with E-state index in [1.165, 1.54) is 12.0 Å². The summed E-state index contributed by atoms with van der Waals surface area (Å²) in [5.41, 5.74) is 4.44. The highest BCUT2D eigenvalue weighted by molar-refractivity contribution is 5.89. The van der Waals surface area contributed by atoms with Crippen molar-refractivity contribution < 1.29 is 29.0 Å². The molecule has 8 nitrogen and oxygen atoms in total. The van der Waals surface area contributed by atoms with E-state index in [2.05, 4.69) is 17.4 Å². The van der Waals surface area contributed by atoms with Crippen LogP contribution in [0.5, 0.6) is 0 Å². The lowest BCUT2D eigenvalue weighted by molar-refractivity contribution is -0.152. The molecule has 1 aliphatic heterocycles. The number of nitrogens with zero attached hydrogens (tertiary/aromatic N) is 1. The third kappa shape index (κ3) is 5.48. The Labute approximate surface area is 205 Å². The van der Waals surface area contributed by atoms with Gasteiger partial charge in [0.15, 0.2) is 0 Å². The summed E-state index contributed by atoms with van der Waals surface area (Å²) in [5, 5.41) is 12.3. The van der Waals surface area contributed by atoms with Crippen LogP contribution in [0.1, 0.15) is 49.1 Å². The molecule has 0 radical (unpaired) electrons. The van der Waals surface area contributed by atoms with E-state index in [-0.39, 0.29) is 19.1 Å². The second kappa shape index (κ2) is 11.4. The minimum absolute atomic E-state index is 0.0775. The zero-order valence-electron chi connectivity index (χ0n) is 19.9. The molecule has 1 fully saturated rings. The van der Waals surface area contributed by atoms with Crippen LogP contribution in [0.25, 0.3) is 11.1 Å². The molecule has 1 aliphatic carbocycles. The zero-order chi connectivity index (χ0) is 24.8. The number of ether oxygens (including phenoxy) is 2. The molecule has 2 aromatic carbocycles. The van der Waals surface area contributed by atoms with E-state index in [0.29, 0.717) is 13.0 Å². The monoisotopic (exact) mass is 480 g/mol. The van der Waals surface area contributed by atoms with Crippen LogP contribution in [-0.2, 0) is 19.1 Å². The standard InChI is InChI=1S/C27H32N2O6/c1-34-17-23(25(30)29-15-9-3-2-4-14-24(29)26(31)32)28-27(33)35-16-22-20-12-7-5-10-18(20)19-11-6-8-13-21(19)22/h5-8,10-13,22-24H,2-4,9,14-17H2,1H3,(H,28,33)(H,31,32). The van der Waals surface area contributed by atoms with Crippen LogP contribution in [0.4, 0.5) is 4.79 Å². The van der Waals surface area contributed by atoms with Gasteiger partial charge in [-0.15, -0.1) is 0 Å². The number of carboxylic acid groups (broad SMARTS) is 1. The normalized spacial score (nSPS) is 18.5. The largest absolute Gasteiger partial charge is 0.480 e. The van der Waals surface area contributed by atoms with Gasteiger partial charge in [-0.05, 0) is 35.1 Å². The number of nitrogens with one attached hydrogen (secondary N) is 1. The van der Waals surface area contributed by atoms with Crippen molar-refractivity contribution in [3.63, 3.8) is 0 Å². The average Bonchev–Trinajstić information content (AvgIpc) is 3.15. The Bertz CT molecular complexity index is 1030. The molecule has 2 aromatic rings. The highest BCUT2D eigenvalue weighted by Crippen LogP contribution is 2.44. The quantitative estimate of drug-likeness (QED) is 0.625. The van der Waals surface area contributed by atoms with Crippen molar-refractivity contribution in [1.82, 2.24) is 10.2 Å². The molecular weight excluding hydrogens is 448 g/mol. The minimum Gasteiger partial charge on any atom is -0.480 e. The highest BCUT2D eigenvalue weighted by atomic mass is 16.5. The number of benzene rings is 2. The van der Waals surface area contributed by atoms with E-state index in [1.54, 1.807) is 0 Å². The van der Waals surface area contributed by atoms with E-state index in [9.17, 15) is 19.5 Å². The van der Waals surface area contributed by atoms with Gasteiger partial charge in [-0.1, -0.05) is 67.8 Å². The number of rotatable bonds is 7. The Morgan fingerprint density at radius 1 is 1.00 bits per heavy atom. The fourth-order valence-corrected chi connectivity index (χ4v) is 5.13. The third-order valence-electron chi connectivity index (χ3n) is 6.84. The first-order chi connectivity index (χ1) is 17.0. The highest BCUT2D eigenvalue weighted by Gasteiger charge is 2.35. The molecule has 186 valence electrons. The number of carbonyl (C=O) groups excluding carboxylic acids is 2. The number of hydrogen-bond acceptors (Lipinski definition) is 5. The number of fused-ring (bicyclic) bond motifs is 3. The number of alkyl carbamates (subject to hydrolysis) is 1. The van der Waals surface area contributed by atoms with Crippen molar-refractivity contribution in [3.8, 4) is 11.1 Å². The summed E-state index contributed by atoms with van der Waals surface area (Å²) < 4.78 is 10.8. The van der Waals surface area contributed by atoms with Crippen LogP contribution in [0.3, 0.4) is 0 Å².